The summed E-state index contributed by atoms with van der Waals surface area (Å²) in [5, 5.41) is 8.48. The number of rotatable bonds is 16. The van der Waals surface area contributed by atoms with Crippen LogP contribution in [0.2, 0.25) is 0 Å². The smallest absolute Gasteiger partial charge is 0.748 e. The second-order valence-corrected chi connectivity index (χ2v) is 8.52. The first kappa shape index (κ1) is 27.7. The van der Waals surface area contributed by atoms with E-state index in [0.717, 1.165) is 64.2 Å². The quantitative estimate of drug-likeness (QED) is 0.248. The van der Waals surface area contributed by atoms with Crippen molar-refractivity contribution in [3.05, 3.63) is 0 Å². The predicted octanol–water partition coefficient (Wildman–Crippen LogP) is 1.77. The van der Waals surface area contributed by atoms with Gasteiger partial charge in [-0.2, -0.15) is 0 Å². The maximum atomic E-state index is 11.3. The molecule has 0 aromatic rings. The Bertz CT molecular complexity index is 358. The second-order valence-electron chi connectivity index (χ2n) is 6.87. The Kier molecular flexibility index (Phi) is 20.7. The molecule has 4 nitrogen and oxygen atoms in total. The molecule has 2 unspecified atom stereocenters. The minimum absolute atomic E-state index is 0. The van der Waals surface area contributed by atoms with Crippen molar-refractivity contribution in [3.63, 3.8) is 0 Å². The molecule has 0 aromatic heterocycles. The Balaban J connectivity index is 0. The molecule has 0 rings (SSSR count). The SMILES string of the molecule is CCCCCCCC(CCCCCCCCC(C)O)S(=O)(=O)[O-].[K+]. The van der Waals surface area contributed by atoms with E-state index in [1.165, 1.54) is 12.8 Å². The Labute approximate surface area is 192 Å². The molecule has 1 N–H and O–H groups in total. The Morgan fingerprint density at radius 1 is 0.792 bits per heavy atom. The van der Waals surface area contributed by atoms with Crippen LogP contribution < -0.4 is 51.4 Å². The van der Waals surface area contributed by atoms with Crippen molar-refractivity contribution in [1.82, 2.24) is 0 Å². The molecule has 2 atom stereocenters. The molecule has 24 heavy (non-hydrogen) atoms. The molecule has 0 aliphatic heterocycles. The molecule has 0 aliphatic carbocycles. The van der Waals surface area contributed by atoms with Gasteiger partial charge in [0.1, 0.15) is 0 Å². The summed E-state index contributed by atoms with van der Waals surface area (Å²) in [5.41, 5.74) is 0. The van der Waals surface area contributed by atoms with Crippen molar-refractivity contribution >= 4 is 10.1 Å². The summed E-state index contributed by atoms with van der Waals surface area (Å²) in [6.45, 7) is 3.96. The number of aliphatic hydroxyl groups is 1. The van der Waals surface area contributed by atoms with Crippen molar-refractivity contribution in [2.75, 3.05) is 0 Å². The van der Waals surface area contributed by atoms with Gasteiger partial charge >= 0.3 is 51.4 Å². The van der Waals surface area contributed by atoms with Crippen LogP contribution in [0.5, 0.6) is 0 Å². The molecule has 140 valence electrons. The fourth-order valence-electron chi connectivity index (χ4n) is 2.93. The zero-order valence-electron chi connectivity index (χ0n) is 16.1. The third kappa shape index (κ3) is 18.3. The molecular formula is C18H37KO4S. The molecule has 0 heterocycles. The fourth-order valence-corrected chi connectivity index (χ4v) is 3.84. The largest absolute Gasteiger partial charge is 1.00 e. The van der Waals surface area contributed by atoms with Crippen LogP contribution in [0.3, 0.4) is 0 Å². The summed E-state index contributed by atoms with van der Waals surface area (Å²) >= 11 is 0. The zero-order chi connectivity index (χ0) is 17.6. The van der Waals surface area contributed by atoms with Crippen molar-refractivity contribution in [1.29, 1.82) is 0 Å². The topological polar surface area (TPSA) is 77.4 Å². The summed E-state index contributed by atoms with van der Waals surface area (Å²) in [6.07, 6.45) is 13.3. The van der Waals surface area contributed by atoms with Crippen molar-refractivity contribution in [2.45, 2.75) is 115 Å². The minimum Gasteiger partial charge on any atom is -0.748 e. The molecule has 0 bridgehead atoms. The van der Waals surface area contributed by atoms with E-state index in [1.807, 2.05) is 6.92 Å². The van der Waals surface area contributed by atoms with E-state index in [1.54, 1.807) is 0 Å². The Morgan fingerprint density at radius 2 is 1.17 bits per heavy atom. The van der Waals surface area contributed by atoms with Crippen LogP contribution >= 0.6 is 0 Å². The van der Waals surface area contributed by atoms with Gasteiger partial charge in [0.25, 0.3) is 0 Å². The van der Waals surface area contributed by atoms with E-state index in [-0.39, 0.29) is 57.5 Å². The zero-order valence-corrected chi connectivity index (χ0v) is 20.1. The molecule has 0 aromatic carbocycles. The standard InChI is InChI=1S/C18H38O4S.K/c1-3-4-5-8-12-15-18(23(20,21)22)16-13-10-7-6-9-11-14-17(2)19;/h17-19H,3-16H2,1-2H3,(H,20,21,22);/q;+1/p-1. The molecule has 0 aliphatic rings. The number of hydrogen-bond donors (Lipinski definition) is 1. The van der Waals surface area contributed by atoms with E-state index >= 15 is 0 Å². The maximum absolute atomic E-state index is 11.3. The third-order valence-corrected chi connectivity index (χ3v) is 5.72. The summed E-state index contributed by atoms with van der Waals surface area (Å²) in [6, 6.07) is 0. The van der Waals surface area contributed by atoms with Crippen LogP contribution in [0, 0.1) is 0 Å². The Morgan fingerprint density at radius 3 is 1.54 bits per heavy atom. The summed E-state index contributed by atoms with van der Waals surface area (Å²) in [5.74, 6) is 0. The molecule has 0 saturated carbocycles. The van der Waals surface area contributed by atoms with Gasteiger partial charge in [0.15, 0.2) is 0 Å². The van der Waals surface area contributed by atoms with Gasteiger partial charge in [0, 0.05) is 5.25 Å². The molecule has 0 saturated heterocycles. The van der Waals surface area contributed by atoms with Crippen molar-refractivity contribution < 1.29 is 69.5 Å². The normalized spacial score (nSPS) is 14.2. The molecular weight excluding hydrogens is 351 g/mol. The first-order valence-corrected chi connectivity index (χ1v) is 11.0. The van der Waals surface area contributed by atoms with E-state index in [9.17, 15) is 13.0 Å². The van der Waals surface area contributed by atoms with Gasteiger partial charge in [-0.25, -0.2) is 8.42 Å². The second kappa shape index (κ2) is 17.9. The van der Waals surface area contributed by atoms with E-state index in [2.05, 4.69) is 6.92 Å². The predicted molar refractivity (Wildman–Crippen MR) is 95.5 cm³/mol. The third-order valence-electron chi connectivity index (χ3n) is 4.44. The first-order valence-electron chi connectivity index (χ1n) is 9.50. The van der Waals surface area contributed by atoms with Crippen LogP contribution in [0.15, 0.2) is 0 Å². The van der Waals surface area contributed by atoms with Gasteiger partial charge in [-0.05, 0) is 26.2 Å². The summed E-state index contributed by atoms with van der Waals surface area (Å²) in [4.78, 5) is 0. The minimum atomic E-state index is -4.15. The van der Waals surface area contributed by atoms with Crippen LogP contribution in [0.25, 0.3) is 0 Å². The average Bonchev–Trinajstić information content (AvgIpc) is 2.46. The van der Waals surface area contributed by atoms with Gasteiger partial charge in [-0.1, -0.05) is 77.6 Å². The van der Waals surface area contributed by atoms with E-state index in [0.29, 0.717) is 12.8 Å². The molecule has 6 heteroatoms. The molecule has 0 fully saturated rings. The average molecular weight is 389 g/mol. The maximum Gasteiger partial charge on any atom is 1.00 e. The first-order chi connectivity index (χ1) is 10.9. The van der Waals surface area contributed by atoms with Crippen LogP contribution in [-0.2, 0) is 10.1 Å². The number of hydrogen-bond acceptors (Lipinski definition) is 4. The summed E-state index contributed by atoms with van der Waals surface area (Å²) < 4.78 is 34.0. The molecule has 0 amide bonds. The van der Waals surface area contributed by atoms with Crippen molar-refractivity contribution in [3.8, 4) is 0 Å². The molecule has 0 spiro atoms. The van der Waals surface area contributed by atoms with Gasteiger partial charge < -0.3 is 9.66 Å². The monoisotopic (exact) mass is 388 g/mol. The van der Waals surface area contributed by atoms with E-state index < -0.39 is 15.4 Å². The van der Waals surface area contributed by atoms with Crippen molar-refractivity contribution in [2.24, 2.45) is 0 Å². The number of aliphatic hydroxyl groups excluding tert-OH is 1. The van der Waals surface area contributed by atoms with Gasteiger partial charge in [0.2, 0.25) is 0 Å². The Hall–Kier alpha value is 1.51. The number of unbranched alkanes of at least 4 members (excludes halogenated alkanes) is 9. The van der Waals surface area contributed by atoms with Gasteiger partial charge in [-0.3, -0.25) is 0 Å². The van der Waals surface area contributed by atoms with E-state index in [4.69, 9.17) is 5.11 Å². The van der Waals surface area contributed by atoms with Crippen LogP contribution in [-0.4, -0.2) is 29.4 Å². The summed E-state index contributed by atoms with van der Waals surface area (Å²) in [7, 11) is -4.15. The van der Waals surface area contributed by atoms with Gasteiger partial charge in [-0.15, -0.1) is 0 Å². The molecule has 0 radical (unpaired) electrons. The van der Waals surface area contributed by atoms with Crippen LogP contribution in [0.4, 0.5) is 0 Å². The fraction of sp³-hybridized carbons (Fsp3) is 1.00. The van der Waals surface area contributed by atoms with Gasteiger partial charge in [0.05, 0.1) is 16.2 Å². The van der Waals surface area contributed by atoms with Crippen LogP contribution in [0.1, 0.15) is 104 Å².